The molecule has 1 rings (SSSR count). The molecule has 1 saturated heterocycles. The molecule has 96 valence electrons. The summed E-state index contributed by atoms with van der Waals surface area (Å²) in [6.07, 6.45) is -5.01. The maximum atomic E-state index is 10.9. The molecule has 0 aromatic carbocycles. The minimum Gasteiger partial charge on any atom is -0.394 e. The molecule has 0 aromatic heterocycles. The number of carbonyl (C=O) groups excluding carboxylic acids is 1. The molecule has 1 heterocycles. The molecule has 0 bridgehead atoms. The standard InChI is InChI=1S/C8H14N4O5/c1-3(14)10-5-7(16)6(15)4(2-13)17-8(5)11-12-9/h4-8,13,15-16H,2H2,1H3,(H,10,14)/t4-,5+,6-,7-,8-/m1/s1. The zero-order valence-electron chi connectivity index (χ0n) is 9.09. The SMILES string of the molecule is CC(=O)N[C@H]1[C@@H](O)[C@H](O)[C@@H](CO)O[C@H]1N=[N+]=[N-]. The molecule has 1 amide bonds. The van der Waals surface area contributed by atoms with E-state index in [4.69, 9.17) is 15.4 Å². The number of rotatable bonds is 3. The Bertz CT molecular complexity index is 332. The number of nitrogens with one attached hydrogen (secondary N) is 1. The maximum Gasteiger partial charge on any atom is 0.217 e. The first-order chi connectivity index (χ1) is 8.01. The van der Waals surface area contributed by atoms with Gasteiger partial charge in [-0.25, -0.2) is 0 Å². The molecule has 1 aliphatic heterocycles. The highest BCUT2D eigenvalue weighted by molar-refractivity contribution is 5.73. The first-order valence-electron chi connectivity index (χ1n) is 4.95. The average Bonchev–Trinajstić information content (AvgIpc) is 2.28. The maximum absolute atomic E-state index is 10.9. The lowest BCUT2D eigenvalue weighted by Crippen LogP contribution is -2.63. The van der Waals surface area contributed by atoms with E-state index >= 15 is 0 Å². The summed E-state index contributed by atoms with van der Waals surface area (Å²) >= 11 is 0. The van der Waals surface area contributed by atoms with E-state index in [0.717, 1.165) is 0 Å². The van der Waals surface area contributed by atoms with Gasteiger partial charge in [0.25, 0.3) is 0 Å². The zero-order chi connectivity index (χ0) is 13.0. The van der Waals surface area contributed by atoms with Crippen molar-refractivity contribution in [2.75, 3.05) is 6.61 Å². The molecule has 17 heavy (non-hydrogen) atoms. The molecule has 0 unspecified atom stereocenters. The largest absolute Gasteiger partial charge is 0.394 e. The lowest BCUT2D eigenvalue weighted by Gasteiger charge is -2.40. The van der Waals surface area contributed by atoms with Crippen LogP contribution >= 0.6 is 0 Å². The molecule has 0 aromatic rings. The van der Waals surface area contributed by atoms with Gasteiger partial charge in [0.2, 0.25) is 5.91 Å². The predicted molar refractivity (Wildman–Crippen MR) is 54.5 cm³/mol. The van der Waals surface area contributed by atoms with Crippen LogP contribution in [-0.2, 0) is 9.53 Å². The van der Waals surface area contributed by atoms with Gasteiger partial charge in [-0.05, 0) is 5.53 Å². The lowest BCUT2D eigenvalue weighted by molar-refractivity contribution is -0.193. The summed E-state index contributed by atoms with van der Waals surface area (Å²) in [7, 11) is 0. The Morgan fingerprint density at radius 2 is 2.18 bits per heavy atom. The summed E-state index contributed by atoms with van der Waals surface area (Å²) in [6.45, 7) is 0.673. The van der Waals surface area contributed by atoms with Gasteiger partial charge in [-0.3, -0.25) is 4.79 Å². The fourth-order valence-electron chi connectivity index (χ4n) is 1.64. The van der Waals surface area contributed by atoms with E-state index in [1.165, 1.54) is 6.92 Å². The quantitative estimate of drug-likeness (QED) is 0.264. The highest BCUT2D eigenvalue weighted by atomic mass is 16.5. The minimum absolute atomic E-state index is 0.467. The number of aliphatic hydroxyl groups is 3. The third-order valence-electron chi connectivity index (χ3n) is 2.44. The van der Waals surface area contributed by atoms with Crippen molar-refractivity contribution in [3.05, 3.63) is 10.4 Å². The van der Waals surface area contributed by atoms with Gasteiger partial charge in [-0.15, -0.1) is 0 Å². The molecule has 9 heteroatoms. The van der Waals surface area contributed by atoms with Crippen LogP contribution in [-0.4, -0.2) is 58.4 Å². The summed E-state index contributed by atoms with van der Waals surface area (Å²) in [4.78, 5) is 13.4. The molecule has 9 nitrogen and oxygen atoms in total. The Labute approximate surface area is 96.6 Å². The Kier molecular flexibility index (Phi) is 4.67. The molecule has 1 fully saturated rings. The van der Waals surface area contributed by atoms with Crippen molar-refractivity contribution in [1.29, 1.82) is 0 Å². The van der Waals surface area contributed by atoms with E-state index in [0.29, 0.717) is 0 Å². The summed E-state index contributed by atoms with van der Waals surface area (Å²) in [5.41, 5.74) is 8.34. The molecule has 0 spiro atoms. The minimum atomic E-state index is -1.39. The highest BCUT2D eigenvalue weighted by Crippen LogP contribution is 2.22. The second kappa shape index (κ2) is 5.80. The molecule has 0 radical (unpaired) electrons. The summed E-state index contributed by atoms with van der Waals surface area (Å²) < 4.78 is 5.08. The molecular weight excluding hydrogens is 232 g/mol. The molecule has 0 aliphatic carbocycles. The number of aliphatic hydroxyl groups excluding tert-OH is 3. The van der Waals surface area contributed by atoms with E-state index < -0.39 is 43.1 Å². The van der Waals surface area contributed by atoms with Crippen LogP contribution in [0.15, 0.2) is 5.11 Å². The fourth-order valence-corrected chi connectivity index (χ4v) is 1.64. The van der Waals surface area contributed by atoms with Gasteiger partial charge in [-0.2, -0.15) is 0 Å². The van der Waals surface area contributed by atoms with Crippen molar-refractivity contribution in [3.63, 3.8) is 0 Å². The van der Waals surface area contributed by atoms with Gasteiger partial charge < -0.3 is 25.4 Å². The number of hydrogen-bond donors (Lipinski definition) is 4. The van der Waals surface area contributed by atoms with Gasteiger partial charge in [0.05, 0.1) is 12.6 Å². The highest BCUT2D eigenvalue weighted by Gasteiger charge is 2.44. The number of carbonyl (C=O) groups is 1. The normalized spacial score (nSPS) is 37.1. The van der Waals surface area contributed by atoms with Crippen LogP contribution in [0.2, 0.25) is 0 Å². The summed E-state index contributed by atoms with van der Waals surface area (Å²) in [5, 5.41) is 33.8. The predicted octanol–water partition coefficient (Wildman–Crippen LogP) is -1.76. The van der Waals surface area contributed by atoms with Gasteiger partial charge in [0.15, 0.2) is 6.23 Å². The Morgan fingerprint density at radius 3 is 2.65 bits per heavy atom. The number of hydrogen-bond acceptors (Lipinski definition) is 6. The molecule has 4 N–H and O–H groups in total. The van der Waals surface area contributed by atoms with Crippen LogP contribution in [0, 0.1) is 0 Å². The molecule has 5 atom stereocenters. The van der Waals surface area contributed by atoms with Crippen LogP contribution in [0.5, 0.6) is 0 Å². The Morgan fingerprint density at radius 1 is 1.53 bits per heavy atom. The zero-order valence-corrected chi connectivity index (χ0v) is 9.09. The number of azide groups is 1. The molecular formula is C8H14N4O5. The second-order valence-electron chi connectivity index (χ2n) is 3.66. The van der Waals surface area contributed by atoms with Crippen molar-refractivity contribution >= 4 is 5.91 Å². The van der Waals surface area contributed by atoms with Gasteiger partial charge in [0, 0.05) is 11.8 Å². The van der Waals surface area contributed by atoms with E-state index in [1.54, 1.807) is 0 Å². The summed E-state index contributed by atoms with van der Waals surface area (Å²) in [5.74, 6) is -0.467. The number of ether oxygens (including phenoxy) is 1. The van der Waals surface area contributed by atoms with E-state index in [1.807, 2.05) is 0 Å². The third-order valence-corrected chi connectivity index (χ3v) is 2.44. The molecule has 1 aliphatic rings. The average molecular weight is 246 g/mol. The van der Waals surface area contributed by atoms with Crippen molar-refractivity contribution in [1.82, 2.24) is 5.32 Å². The Hall–Kier alpha value is -1.38. The first kappa shape index (κ1) is 13.7. The Balaban J connectivity index is 2.90. The summed E-state index contributed by atoms with van der Waals surface area (Å²) in [6, 6.07) is -1.05. The van der Waals surface area contributed by atoms with Crippen molar-refractivity contribution in [3.8, 4) is 0 Å². The van der Waals surface area contributed by atoms with Gasteiger partial charge in [-0.1, -0.05) is 5.11 Å². The monoisotopic (exact) mass is 246 g/mol. The van der Waals surface area contributed by atoms with Crippen LogP contribution in [0.3, 0.4) is 0 Å². The third kappa shape index (κ3) is 3.05. The van der Waals surface area contributed by atoms with Crippen molar-refractivity contribution in [2.24, 2.45) is 5.11 Å². The number of nitrogens with zero attached hydrogens (tertiary/aromatic N) is 3. The van der Waals surface area contributed by atoms with Crippen LogP contribution in [0.4, 0.5) is 0 Å². The lowest BCUT2D eigenvalue weighted by atomic mass is 9.96. The van der Waals surface area contributed by atoms with Crippen molar-refractivity contribution in [2.45, 2.75) is 37.5 Å². The van der Waals surface area contributed by atoms with Crippen LogP contribution in [0.1, 0.15) is 6.92 Å². The van der Waals surface area contributed by atoms with Gasteiger partial charge in [0.1, 0.15) is 18.3 Å². The smallest absolute Gasteiger partial charge is 0.217 e. The fraction of sp³-hybridized carbons (Fsp3) is 0.875. The van der Waals surface area contributed by atoms with Crippen LogP contribution < -0.4 is 5.32 Å². The van der Waals surface area contributed by atoms with Crippen molar-refractivity contribution < 1.29 is 24.9 Å². The molecule has 0 saturated carbocycles. The van der Waals surface area contributed by atoms with Gasteiger partial charge >= 0.3 is 0 Å². The van der Waals surface area contributed by atoms with E-state index in [-0.39, 0.29) is 0 Å². The van der Waals surface area contributed by atoms with E-state index in [2.05, 4.69) is 15.3 Å². The topological polar surface area (TPSA) is 148 Å². The number of amides is 1. The second-order valence-corrected chi connectivity index (χ2v) is 3.66. The van der Waals surface area contributed by atoms with Crippen LogP contribution in [0.25, 0.3) is 10.4 Å². The first-order valence-corrected chi connectivity index (χ1v) is 4.95. The van der Waals surface area contributed by atoms with E-state index in [9.17, 15) is 15.0 Å².